The molecule has 2 heterocycles. The fraction of sp³-hybridized carbons (Fsp3) is 0.471. The third-order valence-electron chi connectivity index (χ3n) is 4.54. The summed E-state index contributed by atoms with van der Waals surface area (Å²) in [4.78, 5) is 6.04. The van der Waals surface area contributed by atoms with Crippen LogP contribution in [0, 0.1) is 11.8 Å². The van der Waals surface area contributed by atoms with E-state index in [4.69, 9.17) is 11.6 Å². The zero-order valence-corrected chi connectivity index (χ0v) is 13.4. The molecule has 3 rings (SSSR count). The van der Waals surface area contributed by atoms with Crippen molar-refractivity contribution in [2.75, 3.05) is 0 Å². The molecule has 0 bridgehead atoms. The number of fused-ring (bicyclic) bond motifs is 1. The maximum Gasteiger partial charge on any atom is 0.249 e. The Bertz CT molecular complexity index is 621. The molecular formula is C17H19ClF2N2. The minimum atomic E-state index is -2.54. The lowest BCUT2D eigenvalue weighted by Crippen LogP contribution is -2.41. The van der Waals surface area contributed by atoms with Gasteiger partial charge in [-0.05, 0) is 30.9 Å². The summed E-state index contributed by atoms with van der Waals surface area (Å²) in [6.45, 7) is 4.12. The van der Waals surface area contributed by atoms with E-state index in [0.29, 0.717) is 11.1 Å². The topological polar surface area (TPSA) is 15.6 Å². The molecule has 3 aliphatic rings. The molecule has 1 saturated carbocycles. The van der Waals surface area contributed by atoms with Gasteiger partial charge in [-0.2, -0.15) is 0 Å². The largest absolute Gasteiger partial charge is 0.317 e. The Morgan fingerprint density at radius 2 is 2.14 bits per heavy atom. The molecule has 0 radical (unpaired) electrons. The summed E-state index contributed by atoms with van der Waals surface area (Å²) >= 11 is 6.22. The predicted molar refractivity (Wildman–Crippen MR) is 85.6 cm³/mol. The number of hydrogen-bond donors (Lipinski definition) is 0. The Morgan fingerprint density at radius 1 is 1.41 bits per heavy atom. The highest BCUT2D eigenvalue weighted by molar-refractivity contribution is 6.69. The smallest absolute Gasteiger partial charge is 0.249 e. The third kappa shape index (κ3) is 2.76. The van der Waals surface area contributed by atoms with Crippen LogP contribution >= 0.6 is 11.6 Å². The van der Waals surface area contributed by atoms with Gasteiger partial charge in [0.2, 0.25) is 5.92 Å². The second-order valence-electron chi connectivity index (χ2n) is 6.13. The normalized spacial score (nSPS) is 29.9. The van der Waals surface area contributed by atoms with Crippen LogP contribution in [0.2, 0.25) is 0 Å². The van der Waals surface area contributed by atoms with Crippen LogP contribution in [0.5, 0.6) is 0 Å². The molecule has 0 aromatic rings. The molecule has 1 unspecified atom stereocenters. The van der Waals surface area contributed by atoms with Crippen LogP contribution in [0.3, 0.4) is 0 Å². The van der Waals surface area contributed by atoms with Crippen molar-refractivity contribution in [3.8, 4) is 0 Å². The van der Waals surface area contributed by atoms with Crippen molar-refractivity contribution in [3.63, 3.8) is 0 Å². The van der Waals surface area contributed by atoms with Crippen molar-refractivity contribution in [2.45, 2.75) is 39.0 Å². The van der Waals surface area contributed by atoms with Gasteiger partial charge in [0.05, 0.1) is 5.70 Å². The Labute approximate surface area is 134 Å². The van der Waals surface area contributed by atoms with Crippen molar-refractivity contribution < 1.29 is 8.78 Å². The molecule has 0 aromatic carbocycles. The van der Waals surface area contributed by atoms with Gasteiger partial charge in [0, 0.05) is 36.9 Å². The van der Waals surface area contributed by atoms with Crippen LogP contribution < -0.4 is 0 Å². The van der Waals surface area contributed by atoms with Crippen LogP contribution in [0.25, 0.3) is 0 Å². The summed E-state index contributed by atoms with van der Waals surface area (Å²) in [5.41, 5.74) is 2.86. The summed E-state index contributed by atoms with van der Waals surface area (Å²) in [5, 5.41) is 0.413. The van der Waals surface area contributed by atoms with Gasteiger partial charge < -0.3 is 4.90 Å². The lowest BCUT2D eigenvalue weighted by atomic mass is 9.77. The molecule has 0 aromatic heterocycles. The van der Waals surface area contributed by atoms with Crippen LogP contribution in [0.15, 0.2) is 52.6 Å². The fourth-order valence-corrected chi connectivity index (χ4v) is 3.40. The average molecular weight is 325 g/mol. The van der Waals surface area contributed by atoms with Crippen molar-refractivity contribution in [1.82, 2.24) is 4.90 Å². The maximum atomic E-state index is 13.3. The van der Waals surface area contributed by atoms with Gasteiger partial charge in [0.25, 0.3) is 0 Å². The standard InChI is InChI=1S/C17H19ClF2N2/c1-3-12-8-15(13-9-17(19,20)10-13)22-7-6-21-16(18)14(22)5-4-11(12)2/h3,5-8,11,13H,4,9-10H2,1-2H3/b12-3-,14-5?,15-8?. The van der Waals surface area contributed by atoms with E-state index in [0.717, 1.165) is 17.8 Å². The Kier molecular flexibility index (Phi) is 3.98. The van der Waals surface area contributed by atoms with Crippen molar-refractivity contribution in [3.05, 3.63) is 47.6 Å². The zero-order valence-electron chi connectivity index (χ0n) is 12.7. The van der Waals surface area contributed by atoms with E-state index < -0.39 is 5.92 Å². The minimum absolute atomic E-state index is 0.101. The lowest BCUT2D eigenvalue weighted by molar-refractivity contribution is -0.103. The second-order valence-corrected chi connectivity index (χ2v) is 6.49. The summed E-state index contributed by atoms with van der Waals surface area (Å²) in [5.74, 6) is -2.37. The molecule has 1 aliphatic carbocycles. The molecule has 1 fully saturated rings. The fourth-order valence-electron chi connectivity index (χ4n) is 3.18. The zero-order chi connectivity index (χ0) is 15.9. The van der Waals surface area contributed by atoms with Gasteiger partial charge >= 0.3 is 0 Å². The van der Waals surface area contributed by atoms with Crippen LogP contribution in [0.1, 0.15) is 33.1 Å². The van der Waals surface area contributed by atoms with Gasteiger partial charge in [0.1, 0.15) is 0 Å². The van der Waals surface area contributed by atoms with E-state index >= 15 is 0 Å². The highest BCUT2D eigenvalue weighted by Gasteiger charge is 2.48. The van der Waals surface area contributed by atoms with Crippen molar-refractivity contribution in [1.29, 1.82) is 0 Å². The molecule has 0 spiro atoms. The molecule has 0 amide bonds. The molecule has 5 heteroatoms. The van der Waals surface area contributed by atoms with Crippen LogP contribution in [-0.4, -0.2) is 16.0 Å². The van der Waals surface area contributed by atoms with Crippen molar-refractivity contribution in [2.24, 2.45) is 16.8 Å². The Balaban J connectivity index is 2.01. The molecule has 0 N–H and O–H groups in total. The second kappa shape index (κ2) is 5.65. The molecule has 118 valence electrons. The number of alkyl halides is 2. The monoisotopic (exact) mass is 324 g/mol. The first-order chi connectivity index (χ1) is 10.4. The molecule has 22 heavy (non-hydrogen) atoms. The SMILES string of the molecule is C/C=C1/C=C(C2CC(F)(F)C2)N2C=CN=C(Cl)C2=CCC1C. The maximum absolute atomic E-state index is 13.3. The first kappa shape index (κ1) is 15.5. The van der Waals surface area contributed by atoms with E-state index in [1.807, 2.05) is 24.1 Å². The first-order valence-corrected chi connectivity index (χ1v) is 7.94. The number of nitrogens with zero attached hydrogens (tertiary/aromatic N) is 2. The highest BCUT2D eigenvalue weighted by Crippen LogP contribution is 2.48. The summed E-state index contributed by atoms with van der Waals surface area (Å²) < 4.78 is 26.7. The van der Waals surface area contributed by atoms with E-state index in [9.17, 15) is 8.78 Å². The molecular weight excluding hydrogens is 306 g/mol. The molecule has 2 aliphatic heterocycles. The van der Waals surface area contributed by atoms with Gasteiger partial charge in [-0.25, -0.2) is 13.8 Å². The van der Waals surface area contributed by atoms with Crippen LogP contribution in [-0.2, 0) is 0 Å². The van der Waals surface area contributed by atoms with Crippen LogP contribution in [0.4, 0.5) is 8.78 Å². The van der Waals surface area contributed by atoms with Crippen molar-refractivity contribution >= 4 is 16.8 Å². The van der Waals surface area contributed by atoms with E-state index in [-0.39, 0.29) is 18.8 Å². The lowest BCUT2D eigenvalue weighted by Gasteiger charge is -2.42. The predicted octanol–water partition coefficient (Wildman–Crippen LogP) is 5.21. The summed E-state index contributed by atoms with van der Waals surface area (Å²) in [6, 6.07) is 0. The average Bonchev–Trinajstić information content (AvgIpc) is 2.43. The first-order valence-electron chi connectivity index (χ1n) is 7.56. The quantitative estimate of drug-likeness (QED) is 0.646. The minimum Gasteiger partial charge on any atom is -0.317 e. The Morgan fingerprint density at radius 3 is 2.77 bits per heavy atom. The molecule has 1 atom stereocenters. The van der Waals surface area contributed by atoms with Gasteiger partial charge in [-0.3, -0.25) is 0 Å². The number of aliphatic imine (C=N–C) groups is 1. The van der Waals surface area contributed by atoms with Gasteiger partial charge in [-0.1, -0.05) is 30.7 Å². The number of hydrogen-bond acceptors (Lipinski definition) is 2. The highest BCUT2D eigenvalue weighted by atomic mass is 35.5. The van der Waals surface area contributed by atoms with E-state index in [1.165, 1.54) is 5.57 Å². The molecule has 0 saturated heterocycles. The number of allylic oxidation sites excluding steroid dienone is 6. The third-order valence-corrected chi connectivity index (χ3v) is 4.83. The van der Waals surface area contributed by atoms with Gasteiger partial charge in [-0.15, -0.1) is 0 Å². The molecule has 2 nitrogen and oxygen atoms in total. The van der Waals surface area contributed by atoms with E-state index in [1.54, 1.807) is 6.20 Å². The summed E-state index contributed by atoms with van der Waals surface area (Å²) in [6.07, 6.45) is 10.2. The van der Waals surface area contributed by atoms with Gasteiger partial charge in [0.15, 0.2) is 5.17 Å². The van der Waals surface area contributed by atoms with E-state index in [2.05, 4.69) is 24.1 Å². The summed E-state index contributed by atoms with van der Waals surface area (Å²) in [7, 11) is 0. The number of rotatable bonds is 1. The number of halogens is 3. The Hall–Kier alpha value is -1.42.